The maximum absolute atomic E-state index is 10.6. The zero-order valence-corrected chi connectivity index (χ0v) is 19.0. The molecule has 1 rings (SSSR count). The number of nitrogens with zero attached hydrogens (tertiary/aromatic N) is 1. The number of hydrogen-bond acceptors (Lipinski definition) is 7. The van der Waals surface area contributed by atoms with E-state index in [1.807, 2.05) is 0 Å². The van der Waals surface area contributed by atoms with E-state index in [1.54, 1.807) is 12.1 Å². The molecule has 0 amide bonds. The summed E-state index contributed by atoms with van der Waals surface area (Å²) in [6.07, 6.45) is 4.95. The number of alkyl halides is 1. The van der Waals surface area contributed by atoms with Crippen LogP contribution < -0.4 is 4.74 Å². The highest BCUT2D eigenvalue weighted by Crippen LogP contribution is 2.17. The van der Waals surface area contributed by atoms with E-state index in [0.29, 0.717) is 58.6 Å². The lowest BCUT2D eigenvalue weighted by molar-refractivity contribution is -0.384. The van der Waals surface area contributed by atoms with E-state index in [4.69, 9.17) is 23.7 Å². The Morgan fingerprint density at radius 1 is 0.690 bits per heavy atom. The van der Waals surface area contributed by atoms with Crippen molar-refractivity contribution in [3.8, 4) is 5.75 Å². The molecule has 1 aromatic rings. The highest BCUT2D eigenvalue weighted by molar-refractivity contribution is 14.1. The fourth-order valence-corrected chi connectivity index (χ4v) is 2.84. The molecular formula is C20H32INO7. The van der Waals surface area contributed by atoms with E-state index >= 15 is 0 Å². The average Bonchev–Trinajstić information content (AvgIpc) is 2.73. The Morgan fingerprint density at radius 3 is 1.69 bits per heavy atom. The summed E-state index contributed by atoms with van der Waals surface area (Å²) in [5.74, 6) is 0.577. The van der Waals surface area contributed by atoms with Gasteiger partial charge in [-0.25, -0.2) is 0 Å². The van der Waals surface area contributed by atoms with Gasteiger partial charge in [0.2, 0.25) is 0 Å². The molecule has 0 N–H and O–H groups in total. The molecule has 0 spiro atoms. The zero-order valence-electron chi connectivity index (χ0n) is 16.9. The Balaban J connectivity index is 1.77. The predicted molar refractivity (Wildman–Crippen MR) is 119 cm³/mol. The Labute approximate surface area is 186 Å². The summed E-state index contributed by atoms with van der Waals surface area (Å²) in [6.45, 7) is 4.87. The fraction of sp³-hybridized carbons (Fsp3) is 0.700. The minimum absolute atomic E-state index is 0.0415. The molecule has 0 bridgehead atoms. The van der Waals surface area contributed by atoms with Crippen molar-refractivity contribution >= 4 is 28.3 Å². The lowest BCUT2D eigenvalue weighted by Gasteiger charge is -2.08. The minimum Gasteiger partial charge on any atom is -0.491 e. The number of hydrogen-bond donors (Lipinski definition) is 0. The largest absolute Gasteiger partial charge is 0.491 e. The molecule has 0 aliphatic heterocycles. The van der Waals surface area contributed by atoms with Gasteiger partial charge in [-0.3, -0.25) is 10.1 Å². The molecule has 0 saturated heterocycles. The number of halogens is 1. The van der Waals surface area contributed by atoms with E-state index < -0.39 is 4.92 Å². The van der Waals surface area contributed by atoms with Gasteiger partial charge in [0.15, 0.2) is 0 Å². The topological polar surface area (TPSA) is 89.3 Å². The molecule has 9 heteroatoms. The van der Waals surface area contributed by atoms with Gasteiger partial charge in [0.1, 0.15) is 12.4 Å². The number of unbranched alkanes of at least 4 members (excludes halogenated alkanes) is 3. The van der Waals surface area contributed by atoms with Crippen molar-refractivity contribution in [1.29, 1.82) is 0 Å². The van der Waals surface area contributed by atoms with Crippen LogP contribution in [0.2, 0.25) is 0 Å². The van der Waals surface area contributed by atoms with Gasteiger partial charge in [0.25, 0.3) is 5.69 Å². The summed E-state index contributed by atoms with van der Waals surface area (Å²) in [5, 5.41) is 10.6. The highest BCUT2D eigenvalue weighted by Gasteiger charge is 2.04. The second-order valence-electron chi connectivity index (χ2n) is 6.15. The summed E-state index contributed by atoms with van der Waals surface area (Å²) in [7, 11) is 0. The average molecular weight is 525 g/mol. The third kappa shape index (κ3) is 15.5. The van der Waals surface area contributed by atoms with Crippen molar-refractivity contribution in [1.82, 2.24) is 0 Å². The Kier molecular flexibility index (Phi) is 17.0. The molecule has 166 valence electrons. The maximum Gasteiger partial charge on any atom is 0.269 e. The second kappa shape index (κ2) is 19.0. The number of nitro groups is 1. The first kappa shape index (κ1) is 26.0. The van der Waals surface area contributed by atoms with E-state index in [9.17, 15) is 10.1 Å². The molecule has 0 aromatic heterocycles. The van der Waals surface area contributed by atoms with Crippen LogP contribution in [0, 0.1) is 10.1 Å². The van der Waals surface area contributed by atoms with Gasteiger partial charge in [0.05, 0.1) is 51.2 Å². The Bertz CT molecular complexity index is 516. The number of nitro benzene ring substituents is 1. The first-order valence-corrected chi connectivity index (χ1v) is 11.5. The summed E-state index contributed by atoms with van der Waals surface area (Å²) < 4.78 is 28.5. The standard InChI is InChI=1S/C20H32INO7/c21-9-3-1-2-4-10-25-11-12-26-13-14-27-15-16-28-17-18-29-20-7-5-19(6-8-20)22(23)24/h5-8H,1-4,9-18H2. The van der Waals surface area contributed by atoms with E-state index in [2.05, 4.69) is 22.6 Å². The first-order valence-electron chi connectivity index (χ1n) is 9.98. The second-order valence-corrected chi connectivity index (χ2v) is 7.23. The summed E-state index contributed by atoms with van der Waals surface area (Å²) in [5.41, 5.74) is 0.0415. The van der Waals surface area contributed by atoms with Crippen LogP contribution in [0.3, 0.4) is 0 Å². The SMILES string of the molecule is O=[N+]([O-])c1ccc(OCCOCCOCCOCCOCCCCCCI)cc1. The van der Waals surface area contributed by atoms with Gasteiger partial charge in [-0.05, 0) is 29.4 Å². The molecule has 0 aliphatic rings. The number of rotatable bonds is 20. The third-order valence-corrected chi connectivity index (χ3v) is 4.60. The highest BCUT2D eigenvalue weighted by atomic mass is 127. The van der Waals surface area contributed by atoms with Crippen LogP contribution in [0.1, 0.15) is 25.7 Å². The molecule has 0 saturated carbocycles. The molecule has 0 unspecified atom stereocenters. The van der Waals surface area contributed by atoms with Gasteiger partial charge in [-0.2, -0.15) is 0 Å². The van der Waals surface area contributed by atoms with Gasteiger partial charge in [-0.1, -0.05) is 35.4 Å². The lowest BCUT2D eigenvalue weighted by atomic mass is 10.2. The van der Waals surface area contributed by atoms with Gasteiger partial charge in [0, 0.05) is 18.7 Å². The molecule has 29 heavy (non-hydrogen) atoms. The summed E-state index contributed by atoms with van der Waals surface area (Å²) in [4.78, 5) is 10.1. The van der Waals surface area contributed by atoms with Crippen LogP contribution in [0.4, 0.5) is 5.69 Å². The molecule has 0 atom stereocenters. The fourth-order valence-electron chi connectivity index (χ4n) is 2.30. The lowest BCUT2D eigenvalue weighted by Crippen LogP contribution is -2.13. The molecule has 0 aliphatic carbocycles. The van der Waals surface area contributed by atoms with Crippen LogP contribution in [0.5, 0.6) is 5.75 Å². The number of benzene rings is 1. The van der Waals surface area contributed by atoms with E-state index in [0.717, 1.165) is 13.0 Å². The van der Waals surface area contributed by atoms with Crippen molar-refractivity contribution in [3.05, 3.63) is 34.4 Å². The smallest absolute Gasteiger partial charge is 0.269 e. The monoisotopic (exact) mass is 525 g/mol. The van der Waals surface area contributed by atoms with Crippen molar-refractivity contribution in [2.24, 2.45) is 0 Å². The molecule has 8 nitrogen and oxygen atoms in total. The molecular weight excluding hydrogens is 493 g/mol. The summed E-state index contributed by atoms with van der Waals surface area (Å²) >= 11 is 2.41. The number of ether oxygens (including phenoxy) is 5. The van der Waals surface area contributed by atoms with E-state index in [1.165, 1.54) is 35.8 Å². The molecule has 1 aromatic carbocycles. The molecule has 0 heterocycles. The third-order valence-electron chi connectivity index (χ3n) is 3.83. The quantitative estimate of drug-likeness (QED) is 0.0835. The first-order chi connectivity index (χ1) is 14.2. The van der Waals surface area contributed by atoms with Crippen LogP contribution in [-0.2, 0) is 18.9 Å². The Morgan fingerprint density at radius 2 is 1.17 bits per heavy atom. The van der Waals surface area contributed by atoms with Crippen molar-refractivity contribution in [2.45, 2.75) is 25.7 Å². The summed E-state index contributed by atoms with van der Waals surface area (Å²) in [6, 6.07) is 5.96. The van der Waals surface area contributed by atoms with Gasteiger partial charge in [-0.15, -0.1) is 0 Å². The van der Waals surface area contributed by atoms with Crippen LogP contribution in [-0.4, -0.2) is 68.8 Å². The zero-order chi connectivity index (χ0) is 21.0. The van der Waals surface area contributed by atoms with Crippen molar-refractivity contribution < 1.29 is 28.6 Å². The normalized spacial score (nSPS) is 10.9. The minimum atomic E-state index is -0.442. The van der Waals surface area contributed by atoms with Gasteiger partial charge >= 0.3 is 0 Å². The predicted octanol–water partition coefficient (Wildman–Crippen LogP) is 4.04. The molecule has 0 radical (unpaired) electrons. The van der Waals surface area contributed by atoms with Gasteiger partial charge < -0.3 is 23.7 Å². The molecule has 0 fully saturated rings. The number of non-ortho nitro benzene ring substituents is 1. The van der Waals surface area contributed by atoms with Crippen LogP contribution >= 0.6 is 22.6 Å². The van der Waals surface area contributed by atoms with Crippen molar-refractivity contribution in [2.75, 3.05) is 63.9 Å². The van der Waals surface area contributed by atoms with Crippen LogP contribution in [0.15, 0.2) is 24.3 Å². The van der Waals surface area contributed by atoms with E-state index in [-0.39, 0.29) is 5.69 Å². The maximum atomic E-state index is 10.6. The van der Waals surface area contributed by atoms with Crippen molar-refractivity contribution in [3.63, 3.8) is 0 Å². The Hall–Kier alpha value is -1.01. The van der Waals surface area contributed by atoms with Crippen LogP contribution in [0.25, 0.3) is 0 Å².